The van der Waals surface area contributed by atoms with Gasteiger partial charge in [-0.2, -0.15) is 0 Å². The van der Waals surface area contributed by atoms with Gasteiger partial charge in [-0.15, -0.1) is 0 Å². The molecule has 9 nitrogen and oxygen atoms in total. The highest BCUT2D eigenvalue weighted by Gasteiger charge is 2.27. The fraction of sp³-hybridized carbons (Fsp3) is 0.821. The minimum absolute atomic E-state index is 0.0245. The van der Waals surface area contributed by atoms with Gasteiger partial charge in [0, 0.05) is 12.8 Å². The zero-order valence-electron chi connectivity index (χ0n) is 51.4. The third-order valence-corrected chi connectivity index (χ3v) is 15.4. The fourth-order valence-corrected chi connectivity index (χ4v) is 10.1. The number of phosphoric ester groups is 1. The van der Waals surface area contributed by atoms with Crippen LogP contribution in [0.25, 0.3) is 0 Å². The third-order valence-electron chi connectivity index (χ3n) is 14.4. The first-order valence-corrected chi connectivity index (χ1v) is 34.1. The van der Waals surface area contributed by atoms with E-state index in [1.54, 1.807) is 0 Å². The SMILES string of the molecule is CCCCC/C=C\C/C=C\CCCCCCCCCCCC(=O)NC(COP(=O)([O-])OCC[N+](C)(C)C)C(/C=C/CCCCCCCCCCCCC)OC(=O)CCCCCCCCCCC/C=C\C/C=C\CCCCC. The highest BCUT2D eigenvalue weighted by molar-refractivity contribution is 7.45. The zero-order valence-corrected chi connectivity index (χ0v) is 52.3. The van der Waals surface area contributed by atoms with Crippen LogP contribution in [0.4, 0.5) is 0 Å². The van der Waals surface area contributed by atoms with Crippen molar-refractivity contribution in [1.29, 1.82) is 0 Å². The number of allylic oxidation sites excluding steroid dienone is 9. The van der Waals surface area contributed by atoms with Crippen LogP contribution in [0.15, 0.2) is 60.8 Å². The molecule has 0 aromatic rings. The molecule has 450 valence electrons. The lowest BCUT2D eigenvalue weighted by atomic mass is 10.0. The molecule has 0 saturated carbocycles. The van der Waals surface area contributed by atoms with Gasteiger partial charge in [0.25, 0.3) is 7.82 Å². The number of esters is 1. The first-order valence-electron chi connectivity index (χ1n) is 32.6. The Labute approximate surface area is 477 Å². The van der Waals surface area contributed by atoms with Crippen molar-refractivity contribution < 1.29 is 37.3 Å². The first-order chi connectivity index (χ1) is 37.4. The lowest BCUT2D eigenvalue weighted by Gasteiger charge is -2.30. The number of carbonyl (C=O) groups excluding carboxylic acids is 2. The summed E-state index contributed by atoms with van der Waals surface area (Å²) >= 11 is 0. The monoisotopic (exact) mass is 1100 g/mol. The summed E-state index contributed by atoms with van der Waals surface area (Å²) in [6.07, 6.45) is 71.8. The number of hydrogen-bond donors (Lipinski definition) is 1. The standard InChI is InChI=1S/C67H125N2O7P/c1-7-10-13-16-19-22-25-28-30-32-34-36-38-41-44-47-50-53-56-59-66(70)68-64(63-75-77(72,73)74-62-61-69(4,5)6)65(58-55-52-49-46-43-40-27-24-21-18-15-12-9-3)76-67(71)60-57-54-51-48-45-42-39-37-35-33-31-29-26-23-20-17-14-11-8-2/h19-20,22-23,28-31,55,58,64-65H,7-18,21,24-27,32-54,56-57,59-63H2,1-6H3,(H-,68,70,72,73)/b22-19-,23-20-,30-28-,31-29-,58-55+. The summed E-state index contributed by atoms with van der Waals surface area (Å²) in [6.45, 7) is 6.82. The number of ether oxygens (including phenoxy) is 1. The van der Waals surface area contributed by atoms with Crippen molar-refractivity contribution in [3.63, 3.8) is 0 Å². The van der Waals surface area contributed by atoms with Crippen LogP contribution in [-0.2, 0) is 27.9 Å². The molecule has 0 aromatic heterocycles. The maximum atomic E-state index is 13.6. The Morgan fingerprint density at radius 1 is 0.455 bits per heavy atom. The Kier molecular flexibility index (Phi) is 55.3. The second kappa shape index (κ2) is 57.0. The normalized spacial score (nSPS) is 14.0. The highest BCUT2D eigenvalue weighted by Crippen LogP contribution is 2.38. The van der Waals surface area contributed by atoms with Gasteiger partial charge in [0.2, 0.25) is 5.91 Å². The Bertz CT molecular complexity index is 1500. The lowest BCUT2D eigenvalue weighted by molar-refractivity contribution is -0.870. The molecule has 0 saturated heterocycles. The van der Waals surface area contributed by atoms with Crippen LogP contribution in [0.3, 0.4) is 0 Å². The molecule has 0 aliphatic heterocycles. The topological polar surface area (TPSA) is 114 Å². The summed E-state index contributed by atoms with van der Waals surface area (Å²) in [5, 5.41) is 3.04. The van der Waals surface area contributed by atoms with E-state index in [0.717, 1.165) is 89.9 Å². The fourth-order valence-electron chi connectivity index (χ4n) is 9.35. The minimum Gasteiger partial charge on any atom is -0.756 e. The van der Waals surface area contributed by atoms with E-state index in [1.807, 2.05) is 33.3 Å². The Morgan fingerprint density at radius 2 is 0.792 bits per heavy atom. The predicted octanol–water partition coefficient (Wildman–Crippen LogP) is 19.6. The quantitative estimate of drug-likeness (QED) is 0.0212. The molecule has 0 rings (SSSR count). The average Bonchev–Trinajstić information content (AvgIpc) is 3.39. The van der Waals surface area contributed by atoms with Crippen molar-refractivity contribution in [3.8, 4) is 0 Å². The van der Waals surface area contributed by atoms with Crippen molar-refractivity contribution in [2.45, 2.75) is 315 Å². The van der Waals surface area contributed by atoms with E-state index in [0.29, 0.717) is 17.4 Å². The van der Waals surface area contributed by atoms with Crippen molar-refractivity contribution in [2.24, 2.45) is 0 Å². The van der Waals surface area contributed by atoms with Crippen LogP contribution < -0.4 is 10.2 Å². The average molecular weight is 1100 g/mol. The highest BCUT2D eigenvalue weighted by atomic mass is 31.2. The van der Waals surface area contributed by atoms with Crippen LogP contribution >= 0.6 is 7.82 Å². The van der Waals surface area contributed by atoms with E-state index in [-0.39, 0.29) is 24.9 Å². The van der Waals surface area contributed by atoms with E-state index in [9.17, 15) is 19.0 Å². The molecule has 10 heteroatoms. The molecule has 0 heterocycles. The maximum Gasteiger partial charge on any atom is 0.306 e. The second-order valence-corrected chi connectivity index (χ2v) is 24.7. The molecular formula is C67H125N2O7P. The van der Waals surface area contributed by atoms with Gasteiger partial charge >= 0.3 is 5.97 Å². The predicted molar refractivity (Wildman–Crippen MR) is 330 cm³/mol. The van der Waals surface area contributed by atoms with Gasteiger partial charge in [-0.05, 0) is 96.0 Å². The van der Waals surface area contributed by atoms with Gasteiger partial charge in [0.15, 0.2) is 0 Å². The smallest absolute Gasteiger partial charge is 0.306 e. The largest absolute Gasteiger partial charge is 0.756 e. The molecule has 1 N–H and O–H groups in total. The molecule has 0 aliphatic rings. The summed E-state index contributed by atoms with van der Waals surface area (Å²) in [6, 6.07) is -0.893. The van der Waals surface area contributed by atoms with Crippen LogP contribution in [0.2, 0.25) is 0 Å². The van der Waals surface area contributed by atoms with E-state index in [1.165, 1.54) is 180 Å². The van der Waals surface area contributed by atoms with Gasteiger partial charge < -0.3 is 28.5 Å². The number of carbonyl (C=O) groups is 2. The molecule has 77 heavy (non-hydrogen) atoms. The minimum atomic E-state index is -4.70. The van der Waals surface area contributed by atoms with Crippen LogP contribution in [0.1, 0.15) is 303 Å². The van der Waals surface area contributed by atoms with E-state index in [4.69, 9.17) is 13.8 Å². The second-order valence-electron chi connectivity index (χ2n) is 23.3. The summed E-state index contributed by atoms with van der Waals surface area (Å²) in [4.78, 5) is 40.1. The third kappa shape index (κ3) is 58.2. The molecule has 3 atom stereocenters. The van der Waals surface area contributed by atoms with Crippen LogP contribution in [-0.4, -0.2) is 69.4 Å². The van der Waals surface area contributed by atoms with Crippen molar-refractivity contribution >= 4 is 19.7 Å². The van der Waals surface area contributed by atoms with Gasteiger partial charge in [-0.25, -0.2) is 0 Å². The van der Waals surface area contributed by atoms with Gasteiger partial charge in [0.1, 0.15) is 19.3 Å². The molecule has 0 bridgehead atoms. The van der Waals surface area contributed by atoms with Crippen LogP contribution in [0, 0.1) is 0 Å². The first kappa shape index (κ1) is 74.7. The van der Waals surface area contributed by atoms with Gasteiger partial charge in [0.05, 0.1) is 33.8 Å². The molecular weight excluding hydrogens is 976 g/mol. The molecule has 0 radical (unpaired) electrons. The Morgan fingerprint density at radius 3 is 1.19 bits per heavy atom. The number of nitrogens with zero attached hydrogens (tertiary/aromatic N) is 1. The summed E-state index contributed by atoms with van der Waals surface area (Å²) < 4.78 is 30.4. The number of likely N-dealkylation sites (N-methyl/N-ethyl adjacent to an activating group) is 1. The molecule has 0 spiro atoms. The number of unbranched alkanes of at least 4 members (excludes halogenated alkanes) is 35. The van der Waals surface area contributed by atoms with E-state index < -0.39 is 26.6 Å². The number of phosphoric acid groups is 1. The molecule has 1 amide bonds. The van der Waals surface area contributed by atoms with E-state index >= 15 is 0 Å². The Hall–Kier alpha value is -2.29. The Balaban J connectivity index is 5.24. The van der Waals surface area contributed by atoms with Crippen molar-refractivity contribution in [1.82, 2.24) is 5.32 Å². The molecule has 3 unspecified atom stereocenters. The number of quaternary nitrogens is 1. The maximum absolute atomic E-state index is 13.6. The van der Waals surface area contributed by atoms with Gasteiger partial charge in [-0.1, -0.05) is 255 Å². The zero-order chi connectivity index (χ0) is 56.4. The molecule has 0 aliphatic carbocycles. The lowest BCUT2D eigenvalue weighted by Crippen LogP contribution is -2.47. The van der Waals surface area contributed by atoms with Crippen LogP contribution in [0.5, 0.6) is 0 Å². The number of amides is 1. The van der Waals surface area contributed by atoms with Gasteiger partial charge in [-0.3, -0.25) is 14.2 Å². The summed E-state index contributed by atoms with van der Waals surface area (Å²) in [7, 11) is 1.18. The molecule has 0 aromatic carbocycles. The number of nitrogens with one attached hydrogen (secondary N) is 1. The number of hydrogen-bond acceptors (Lipinski definition) is 7. The van der Waals surface area contributed by atoms with E-state index in [2.05, 4.69) is 74.7 Å². The molecule has 0 fully saturated rings. The summed E-state index contributed by atoms with van der Waals surface area (Å²) in [5.74, 6) is -0.543. The summed E-state index contributed by atoms with van der Waals surface area (Å²) in [5.41, 5.74) is 0. The van der Waals surface area contributed by atoms with Crippen molar-refractivity contribution in [2.75, 3.05) is 40.9 Å². The van der Waals surface area contributed by atoms with Crippen molar-refractivity contribution in [3.05, 3.63) is 60.8 Å². The number of rotatable bonds is 59.